The highest BCUT2D eigenvalue weighted by molar-refractivity contribution is 6.05. The van der Waals surface area contributed by atoms with E-state index in [0.29, 0.717) is 23.1 Å². The Balaban J connectivity index is 1.73. The van der Waals surface area contributed by atoms with Gasteiger partial charge in [0.1, 0.15) is 17.8 Å². The van der Waals surface area contributed by atoms with Gasteiger partial charge in [0, 0.05) is 31.9 Å². The number of anilines is 3. The third-order valence-corrected chi connectivity index (χ3v) is 4.09. The zero-order chi connectivity index (χ0) is 16.9. The molecular formula is C17H22N6O. The van der Waals surface area contributed by atoms with Crippen molar-refractivity contribution < 1.29 is 4.79 Å². The average Bonchev–Trinajstić information content (AvgIpc) is 3.08. The van der Waals surface area contributed by atoms with E-state index in [1.54, 1.807) is 24.5 Å². The largest absolute Gasteiger partial charge is 0.367 e. The number of nitrogens with one attached hydrogen (secondary N) is 2. The molecular weight excluding hydrogens is 304 g/mol. The molecule has 0 atom stereocenters. The number of nitrogens with zero attached hydrogens (tertiary/aromatic N) is 4. The van der Waals surface area contributed by atoms with E-state index in [0.717, 1.165) is 18.7 Å². The quantitative estimate of drug-likeness (QED) is 0.878. The Morgan fingerprint density at radius 2 is 2.04 bits per heavy atom. The highest BCUT2D eigenvalue weighted by Gasteiger charge is 2.16. The normalized spacial score (nSPS) is 14.4. The number of carbonyl (C=O) groups excluding carboxylic acids is 1. The van der Waals surface area contributed by atoms with Gasteiger partial charge in [-0.15, -0.1) is 0 Å². The van der Waals surface area contributed by atoms with Gasteiger partial charge in [-0.05, 0) is 25.0 Å². The molecule has 24 heavy (non-hydrogen) atoms. The van der Waals surface area contributed by atoms with Crippen LogP contribution in [0.2, 0.25) is 0 Å². The van der Waals surface area contributed by atoms with E-state index >= 15 is 0 Å². The lowest BCUT2D eigenvalue weighted by Crippen LogP contribution is -2.19. The molecule has 2 heterocycles. The van der Waals surface area contributed by atoms with Crippen molar-refractivity contribution in [3.63, 3.8) is 0 Å². The minimum Gasteiger partial charge on any atom is -0.367 e. The molecule has 2 aromatic rings. The maximum atomic E-state index is 12.5. The Labute approximate surface area is 141 Å². The Morgan fingerprint density at radius 3 is 2.79 bits per heavy atom. The predicted octanol–water partition coefficient (Wildman–Crippen LogP) is 2.54. The third-order valence-electron chi connectivity index (χ3n) is 4.09. The molecule has 7 heteroatoms. The van der Waals surface area contributed by atoms with Crippen LogP contribution < -0.4 is 15.5 Å². The molecule has 7 nitrogen and oxygen atoms in total. The van der Waals surface area contributed by atoms with Crippen molar-refractivity contribution in [2.75, 3.05) is 29.6 Å². The first-order valence-electron chi connectivity index (χ1n) is 8.15. The number of pyridine rings is 1. The fourth-order valence-corrected chi connectivity index (χ4v) is 2.89. The molecule has 1 saturated carbocycles. The molecule has 0 aromatic carbocycles. The predicted molar refractivity (Wildman–Crippen MR) is 94.4 cm³/mol. The lowest BCUT2D eigenvalue weighted by Gasteiger charge is -2.16. The number of rotatable bonds is 5. The maximum absolute atomic E-state index is 12.5. The number of aromatic nitrogens is 3. The van der Waals surface area contributed by atoms with Crippen LogP contribution in [0.15, 0.2) is 30.9 Å². The Hall–Kier alpha value is -2.70. The van der Waals surface area contributed by atoms with Crippen LogP contribution in [-0.4, -0.2) is 41.0 Å². The SMILES string of the molecule is CN(C)c1ncncc1NC(=O)c1ccnc(NC2CCCC2)c1. The van der Waals surface area contributed by atoms with Gasteiger partial charge in [0.05, 0.1) is 6.20 Å². The summed E-state index contributed by atoms with van der Waals surface area (Å²) < 4.78 is 0. The van der Waals surface area contributed by atoms with Crippen LogP contribution in [0.3, 0.4) is 0 Å². The highest BCUT2D eigenvalue weighted by atomic mass is 16.1. The van der Waals surface area contributed by atoms with Gasteiger partial charge < -0.3 is 15.5 Å². The van der Waals surface area contributed by atoms with Crippen molar-refractivity contribution in [3.05, 3.63) is 36.4 Å². The molecule has 1 amide bonds. The smallest absolute Gasteiger partial charge is 0.255 e. The highest BCUT2D eigenvalue weighted by Crippen LogP contribution is 2.23. The van der Waals surface area contributed by atoms with Crippen molar-refractivity contribution in [1.29, 1.82) is 0 Å². The summed E-state index contributed by atoms with van der Waals surface area (Å²) in [7, 11) is 3.74. The molecule has 3 rings (SSSR count). The Morgan fingerprint density at radius 1 is 1.25 bits per heavy atom. The fourth-order valence-electron chi connectivity index (χ4n) is 2.89. The minimum absolute atomic E-state index is 0.204. The van der Waals surface area contributed by atoms with Gasteiger partial charge in [0.2, 0.25) is 0 Å². The lowest BCUT2D eigenvalue weighted by molar-refractivity contribution is 0.102. The zero-order valence-corrected chi connectivity index (χ0v) is 14.0. The molecule has 0 saturated heterocycles. The van der Waals surface area contributed by atoms with Gasteiger partial charge >= 0.3 is 0 Å². The topological polar surface area (TPSA) is 83.0 Å². The Kier molecular flexibility index (Phi) is 4.88. The molecule has 2 N–H and O–H groups in total. The molecule has 0 aliphatic heterocycles. The van der Waals surface area contributed by atoms with E-state index in [1.807, 2.05) is 19.0 Å². The molecule has 2 aromatic heterocycles. The van der Waals surface area contributed by atoms with E-state index in [2.05, 4.69) is 25.6 Å². The van der Waals surface area contributed by atoms with Crippen molar-refractivity contribution >= 4 is 23.2 Å². The van der Waals surface area contributed by atoms with E-state index in [1.165, 1.54) is 19.2 Å². The second-order valence-corrected chi connectivity index (χ2v) is 6.16. The van der Waals surface area contributed by atoms with Gasteiger partial charge in [-0.1, -0.05) is 12.8 Å². The summed E-state index contributed by atoms with van der Waals surface area (Å²) in [4.78, 5) is 26.9. The summed E-state index contributed by atoms with van der Waals surface area (Å²) in [6.07, 6.45) is 9.52. The second kappa shape index (κ2) is 7.25. The monoisotopic (exact) mass is 326 g/mol. The average molecular weight is 326 g/mol. The summed E-state index contributed by atoms with van der Waals surface area (Å²) in [6, 6.07) is 3.94. The van der Waals surface area contributed by atoms with Crippen LogP contribution >= 0.6 is 0 Å². The van der Waals surface area contributed by atoms with Crippen molar-refractivity contribution in [1.82, 2.24) is 15.0 Å². The van der Waals surface area contributed by atoms with E-state index in [4.69, 9.17) is 0 Å². The molecule has 1 aliphatic rings. The molecule has 1 aliphatic carbocycles. The second-order valence-electron chi connectivity index (χ2n) is 6.16. The van der Waals surface area contributed by atoms with Gasteiger partial charge in [0.25, 0.3) is 5.91 Å². The summed E-state index contributed by atoms with van der Waals surface area (Å²) in [5.74, 6) is 1.20. The van der Waals surface area contributed by atoms with Crippen LogP contribution in [0.1, 0.15) is 36.0 Å². The van der Waals surface area contributed by atoms with Gasteiger partial charge in [0.15, 0.2) is 5.82 Å². The summed E-state index contributed by atoms with van der Waals surface area (Å²) in [5, 5.41) is 6.27. The lowest BCUT2D eigenvalue weighted by atomic mass is 10.2. The first-order valence-corrected chi connectivity index (χ1v) is 8.15. The molecule has 0 bridgehead atoms. The maximum Gasteiger partial charge on any atom is 0.255 e. The summed E-state index contributed by atoms with van der Waals surface area (Å²) in [5.41, 5.74) is 1.13. The van der Waals surface area contributed by atoms with Crippen molar-refractivity contribution in [2.45, 2.75) is 31.7 Å². The third kappa shape index (κ3) is 3.79. The number of amides is 1. The molecule has 1 fully saturated rings. The molecule has 0 radical (unpaired) electrons. The summed E-state index contributed by atoms with van der Waals surface area (Å²) in [6.45, 7) is 0. The first-order chi connectivity index (χ1) is 11.6. The van der Waals surface area contributed by atoms with Crippen molar-refractivity contribution in [2.24, 2.45) is 0 Å². The van der Waals surface area contributed by atoms with Gasteiger partial charge in [-0.3, -0.25) is 4.79 Å². The van der Waals surface area contributed by atoms with E-state index in [-0.39, 0.29) is 5.91 Å². The molecule has 0 spiro atoms. The van der Waals surface area contributed by atoms with Gasteiger partial charge in [-0.25, -0.2) is 15.0 Å². The molecule has 126 valence electrons. The number of carbonyl (C=O) groups is 1. The minimum atomic E-state index is -0.204. The van der Waals surface area contributed by atoms with Gasteiger partial charge in [-0.2, -0.15) is 0 Å². The van der Waals surface area contributed by atoms with Crippen LogP contribution in [0.25, 0.3) is 0 Å². The summed E-state index contributed by atoms with van der Waals surface area (Å²) >= 11 is 0. The number of hydrogen-bond donors (Lipinski definition) is 2. The van der Waals surface area contributed by atoms with Crippen LogP contribution in [0.5, 0.6) is 0 Å². The fraction of sp³-hybridized carbons (Fsp3) is 0.412. The molecule has 0 unspecified atom stereocenters. The number of hydrogen-bond acceptors (Lipinski definition) is 6. The zero-order valence-electron chi connectivity index (χ0n) is 14.0. The van der Waals surface area contributed by atoms with Crippen LogP contribution in [0, 0.1) is 0 Å². The van der Waals surface area contributed by atoms with E-state index < -0.39 is 0 Å². The first kappa shape index (κ1) is 16.2. The van der Waals surface area contributed by atoms with Crippen LogP contribution in [-0.2, 0) is 0 Å². The standard InChI is InChI=1S/C17H22N6O/c1-23(2)16-14(10-18-11-20-16)22-17(24)12-7-8-19-15(9-12)21-13-5-3-4-6-13/h7-11,13H,3-6H2,1-2H3,(H,19,21)(H,22,24). The van der Waals surface area contributed by atoms with E-state index in [9.17, 15) is 4.79 Å². The van der Waals surface area contributed by atoms with Crippen molar-refractivity contribution in [3.8, 4) is 0 Å². The van der Waals surface area contributed by atoms with Crippen LogP contribution in [0.4, 0.5) is 17.3 Å². The Bertz CT molecular complexity index is 712.